The van der Waals surface area contributed by atoms with E-state index >= 15 is 0 Å². The van der Waals surface area contributed by atoms with Crippen molar-refractivity contribution in [3.05, 3.63) is 47.0 Å². The molecule has 0 radical (unpaired) electrons. The largest absolute Gasteiger partial charge is 0.325 e. The Morgan fingerprint density at radius 1 is 1.12 bits per heavy atom. The van der Waals surface area contributed by atoms with Gasteiger partial charge in [-0.05, 0) is 44.4 Å². The first-order valence-corrected chi connectivity index (χ1v) is 7.92. The molecule has 3 amide bonds. The fraction of sp³-hybridized carbons (Fsp3) is 0.412. The molecule has 1 fully saturated rings. The fourth-order valence-corrected chi connectivity index (χ4v) is 3.46. The number of urea groups is 1. The van der Waals surface area contributed by atoms with E-state index in [0.29, 0.717) is 6.54 Å². The zero-order chi connectivity index (χ0) is 17.4. The second kappa shape index (κ2) is 6.07. The van der Waals surface area contributed by atoms with Gasteiger partial charge in [-0.1, -0.05) is 17.7 Å². The molecule has 2 aromatic rings. The van der Waals surface area contributed by atoms with Gasteiger partial charge in [-0.2, -0.15) is 0 Å². The summed E-state index contributed by atoms with van der Waals surface area (Å²) in [6.07, 6.45) is 3.14. The first kappa shape index (κ1) is 16.2. The lowest BCUT2D eigenvalue weighted by atomic mass is 9.94. The predicted octanol–water partition coefficient (Wildman–Crippen LogP) is 1.88. The van der Waals surface area contributed by atoms with E-state index in [1.165, 1.54) is 4.90 Å². The molecule has 0 aliphatic carbocycles. The highest BCUT2D eigenvalue weighted by Crippen LogP contribution is 2.29. The smallest absolute Gasteiger partial charge is 0.322 e. The maximum absolute atomic E-state index is 12.9. The van der Waals surface area contributed by atoms with Crippen LogP contribution in [0.25, 0.3) is 0 Å². The topological polar surface area (TPSA) is 80.1 Å². The third-order valence-corrected chi connectivity index (χ3v) is 4.38. The molecule has 126 valence electrons. The van der Waals surface area contributed by atoms with Crippen molar-refractivity contribution in [2.75, 3.05) is 0 Å². The molecule has 0 bridgehead atoms. The van der Waals surface area contributed by atoms with E-state index in [4.69, 9.17) is 0 Å². The van der Waals surface area contributed by atoms with Gasteiger partial charge in [0.25, 0.3) is 5.91 Å². The number of nitrogens with zero attached hydrogens (tertiary/aromatic N) is 4. The first-order valence-electron chi connectivity index (χ1n) is 7.92. The lowest BCUT2D eigenvalue weighted by molar-refractivity contribution is -0.129. The minimum atomic E-state index is -0.624. The molecule has 0 spiro atoms. The van der Waals surface area contributed by atoms with E-state index < -0.39 is 6.04 Å². The molecule has 0 saturated carbocycles. The number of aryl methyl sites for hydroxylation is 3. The van der Waals surface area contributed by atoms with Crippen molar-refractivity contribution in [3.63, 3.8) is 0 Å². The Morgan fingerprint density at radius 3 is 2.29 bits per heavy atom. The highest BCUT2D eigenvalue weighted by molar-refractivity contribution is 6.05. The van der Waals surface area contributed by atoms with E-state index in [2.05, 4.69) is 15.5 Å². The number of benzene rings is 1. The summed E-state index contributed by atoms with van der Waals surface area (Å²) in [5.41, 5.74) is 4.06. The highest BCUT2D eigenvalue weighted by Gasteiger charge is 2.42. The van der Waals surface area contributed by atoms with Crippen molar-refractivity contribution in [3.8, 4) is 0 Å². The zero-order valence-electron chi connectivity index (χ0n) is 14.3. The maximum atomic E-state index is 12.9. The van der Waals surface area contributed by atoms with E-state index in [1.54, 1.807) is 17.2 Å². The van der Waals surface area contributed by atoms with Gasteiger partial charge in [0.15, 0.2) is 0 Å². The number of amides is 3. The fourth-order valence-electron chi connectivity index (χ4n) is 3.46. The monoisotopic (exact) mass is 327 g/mol. The average Bonchev–Trinajstić information content (AvgIpc) is 3.07. The molecule has 1 aromatic carbocycles. The zero-order valence-corrected chi connectivity index (χ0v) is 14.3. The number of imide groups is 1. The van der Waals surface area contributed by atoms with Crippen LogP contribution in [-0.4, -0.2) is 37.6 Å². The van der Waals surface area contributed by atoms with Crippen LogP contribution in [0.1, 0.15) is 35.2 Å². The Bertz CT molecular complexity index is 761. The van der Waals surface area contributed by atoms with Crippen molar-refractivity contribution in [1.29, 1.82) is 0 Å². The molecule has 1 aliphatic rings. The molecule has 0 unspecified atom stereocenters. The van der Waals surface area contributed by atoms with Crippen molar-refractivity contribution >= 4 is 11.9 Å². The summed E-state index contributed by atoms with van der Waals surface area (Å²) in [6.45, 7) is 8.27. The van der Waals surface area contributed by atoms with Crippen LogP contribution in [-0.2, 0) is 11.3 Å². The van der Waals surface area contributed by atoms with E-state index in [1.807, 2.05) is 39.8 Å². The summed E-state index contributed by atoms with van der Waals surface area (Å²) >= 11 is 0. The minimum Gasteiger partial charge on any atom is -0.322 e. The van der Waals surface area contributed by atoms with E-state index in [-0.39, 0.29) is 18.0 Å². The van der Waals surface area contributed by atoms with Gasteiger partial charge in [-0.3, -0.25) is 9.69 Å². The van der Waals surface area contributed by atoms with Gasteiger partial charge in [0.1, 0.15) is 18.7 Å². The van der Waals surface area contributed by atoms with Crippen molar-refractivity contribution in [1.82, 2.24) is 25.0 Å². The molecular weight excluding hydrogens is 306 g/mol. The first-order chi connectivity index (χ1) is 11.4. The summed E-state index contributed by atoms with van der Waals surface area (Å²) in [5, 5.41) is 10.3. The molecule has 1 N–H and O–H groups in total. The average molecular weight is 327 g/mol. The molecule has 1 saturated heterocycles. The third kappa shape index (κ3) is 2.77. The maximum Gasteiger partial charge on any atom is 0.325 e. The van der Waals surface area contributed by atoms with Crippen LogP contribution < -0.4 is 5.32 Å². The molecule has 7 heteroatoms. The number of aromatic nitrogens is 3. The number of rotatable bonds is 4. The van der Waals surface area contributed by atoms with Crippen molar-refractivity contribution in [2.24, 2.45) is 0 Å². The van der Waals surface area contributed by atoms with Crippen molar-refractivity contribution < 1.29 is 9.59 Å². The molecule has 3 rings (SSSR count). The normalized spacial score (nSPS) is 18.8. The number of carbonyl (C=O) groups excluding carboxylic acids is 2. The van der Waals surface area contributed by atoms with Crippen LogP contribution >= 0.6 is 0 Å². The summed E-state index contributed by atoms with van der Waals surface area (Å²) in [7, 11) is 0. The molecule has 24 heavy (non-hydrogen) atoms. The van der Waals surface area contributed by atoms with Crippen LogP contribution in [0.4, 0.5) is 4.79 Å². The van der Waals surface area contributed by atoms with Crippen LogP contribution in [0.15, 0.2) is 24.8 Å². The van der Waals surface area contributed by atoms with Gasteiger partial charge in [0, 0.05) is 6.54 Å². The Kier molecular flexibility index (Phi) is 4.09. The van der Waals surface area contributed by atoms with Gasteiger partial charge in [0.2, 0.25) is 0 Å². The molecule has 2 atom stereocenters. The second-order valence-corrected chi connectivity index (χ2v) is 6.41. The highest BCUT2D eigenvalue weighted by atomic mass is 16.2. The Balaban J connectivity index is 1.87. The molecule has 2 heterocycles. The van der Waals surface area contributed by atoms with Crippen LogP contribution in [0, 0.1) is 20.8 Å². The number of carbonyl (C=O) groups is 2. The van der Waals surface area contributed by atoms with E-state index in [0.717, 1.165) is 22.3 Å². The number of hydrogen-bond acceptors (Lipinski definition) is 4. The Morgan fingerprint density at radius 2 is 1.71 bits per heavy atom. The second-order valence-electron chi connectivity index (χ2n) is 6.41. The third-order valence-electron chi connectivity index (χ3n) is 4.38. The molecule has 1 aliphatic heterocycles. The van der Waals surface area contributed by atoms with Crippen molar-refractivity contribution in [2.45, 2.75) is 46.3 Å². The summed E-state index contributed by atoms with van der Waals surface area (Å²) in [6, 6.07) is 2.80. The predicted molar refractivity (Wildman–Crippen MR) is 88.3 cm³/mol. The van der Waals surface area contributed by atoms with Gasteiger partial charge >= 0.3 is 6.03 Å². The van der Waals surface area contributed by atoms with Crippen LogP contribution in [0.5, 0.6) is 0 Å². The van der Waals surface area contributed by atoms with Gasteiger partial charge in [-0.25, -0.2) is 4.79 Å². The Labute approximate surface area is 140 Å². The molecule has 7 nitrogen and oxygen atoms in total. The summed E-state index contributed by atoms with van der Waals surface area (Å²) < 4.78 is 1.75. The molecule has 1 aromatic heterocycles. The number of hydrogen-bond donors (Lipinski definition) is 1. The molecular formula is C17H21N5O2. The van der Waals surface area contributed by atoms with E-state index in [9.17, 15) is 9.59 Å². The van der Waals surface area contributed by atoms with Crippen LogP contribution in [0.2, 0.25) is 0 Å². The standard InChI is InChI=1S/C17H21N5O2/c1-10-5-11(2)14(12(3)6-10)15-16(23)22(17(24)20-15)13(4)7-21-8-18-19-9-21/h5-6,8-9,13,15H,7H2,1-4H3,(H,20,24)/t13-,15-/m1/s1. The summed E-state index contributed by atoms with van der Waals surface area (Å²) in [4.78, 5) is 26.6. The lowest BCUT2D eigenvalue weighted by Crippen LogP contribution is -2.41. The summed E-state index contributed by atoms with van der Waals surface area (Å²) in [5.74, 6) is -0.212. The van der Waals surface area contributed by atoms with Gasteiger partial charge < -0.3 is 9.88 Å². The minimum absolute atomic E-state index is 0.212. The van der Waals surface area contributed by atoms with Gasteiger partial charge in [-0.15, -0.1) is 10.2 Å². The lowest BCUT2D eigenvalue weighted by Gasteiger charge is -2.22. The quantitative estimate of drug-likeness (QED) is 0.870. The number of nitrogens with one attached hydrogen (secondary N) is 1. The van der Waals surface area contributed by atoms with Gasteiger partial charge in [0.05, 0.1) is 6.04 Å². The van der Waals surface area contributed by atoms with Crippen LogP contribution in [0.3, 0.4) is 0 Å². The SMILES string of the molecule is Cc1cc(C)c([C@H]2NC(=O)N([C@H](C)Cn3cnnc3)C2=O)c(C)c1. The Hall–Kier alpha value is -2.70.